The first kappa shape index (κ1) is 9.28. The van der Waals surface area contributed by atoms with E-state index in [0.717, 1.165) is 12.0 Å². The van der Waals surface area contributed by atoms with Crippen LogP contribution in [0.4, 0.5) is 0 Å². The Balaban J connectivity index is 3.80. The number of rotatable bonds is 3. The Morgan fingerprint density at radius 3 is 2.44 bits per heavy atom. The predicted molar refractivity (Wildman–Crippen MR) is 40.9 cm³/mol. The summed E-state index contributed by atoms with van der Waals surface area (Å²) in [5.41, 5.74) is 1.99. The van der Waals surface area contributed by atoms with E-state index in [1.165, 1.54) is 5.54 Å². The lowest BCUT2D eigenvalue weighted by Crippen LogP contribution is -2.03. The van der Waals surface area contributed by atoms with Crippen LogP contribution in [0.5, 0.6) is 0 Å². The summed E-state index contributed by atoms with van der Waals surface area (Å²) in [5, 5.41) is 0. The van der Waals surface area contributed by atoms with Crippen LogP contribution in [0.15, 0.2) is 11.1 Å². The van der Waals surface area contributed by atoms with Crippen LogP contribution in [0.1, 0.15) is 13.3 Å². The first-order valence-corrected chi connectivity index (χ1v) is 3.59. The van der Waals surface area contributed by atoms with E-state index in [-0.39, 0.29) is 5.56 Å². The Morgan fingerprint density at radius 1 is 1.78 bits per heavy atom. The molecule has 1 atom stereocenters. The van der Waals surface area contributed by atoms with Gasteiger partial charge in [0, 0.05) is 12.6 Å². The highest BCUT2D eigenvalue weighted by Crippen LogP contribution is 2.14. The van der Waals surface area contributed by atoms with E-state index in [1.807, 2.05) is 6.92 Å². The van der Waals surface area contributed by atoms with Crippen molar-refractivity contribution in [2.24, 2.45) is 0 Å². The summed E-state index contributed by atoms with van der Waals surface area (Å²) in [6.45, 7) is 1.97. The van der Waals surface area contributed by atoms with Gasteiger partial charge in [0.2, 0.25) is 0 Å². The Morgan fingerprint density at radius 2 is 2.33 bits per heavy atom. The zero-order chi connectivity index (χ0) is 7.28. The number of ether oxygens (including phenoxy) is 1. The molecule has 0 aliphatic rings. The van der Waals surface area contributed by atoms with Gasteiger partial charge in [-0.2, -0.15) is 0 Å². The van der Waals surface area contributed by atoms with Gasteiger partial charge >= 0.3 is 0 Å². The zero-order valence-electron chi connectivity index (χ0n) is 5.53. The molecule has 0 aromatic rings. The molecule has 0 aliphatic heterocycles. The molecule has 0 aliphatic carbocycles. The average Bonchev–Trinajstić information content (AvgIpc) is 1.90. The maximum absolute atomic E-state index is 5.66. The van der Waals surface area contributed by atoms with E-state index in [1.54, 1.807) is 7.11 Å². The lowest BCUT2D eigenvalue weighted by molar-refractivity contribution is 0.191. The average molecular weight is 169 g/mol. The van der Waals surface area contributed by atoms with Gasteiger partial charge in [0.25, 0.3) is 0 Å². The van der Waals surface area contributed by atoms with Gasteiger partial charge in [0.15, 0.2) is 5.56 Å². The molecule has 9 heavy (non-hydrogen) atoms. The monoisotopic (exact) mass is 168 g/mol. The third-order valence-electron chi connectivity index (χ3n) is 1.05. The lowest BCUT2D eigenvalue weighted by Gasteiger charge is -2.07. The SMILES string of the molecule is CC/C(=C\Cl)C(Cl)OC. The predicted octanol–water partition coefficient (Wildman–Crippen LogP) is 2.73. The highest BCUT2D eigenvalue weighted by molar-refractivity contribution is 6.27. The van der Waals surface area contributed by atoms with E-state index in [2.05, 4.69) is 0 Å². The summed E-state index contributed by atoms with van der Waals surface area (Å²) in [4.78, 5) is 0. The molecule has 0 amide bonds. The highest BCUT2D eigenvalue weighted by Gasteiger charge is 2.05. The molecule has 0 aromatic heterocycles. The smallest absolute Gasteiger partial charge is 0.153 e. The largest absolute Gasteiger partial charge is 0.362 e. The first-order chi connectivity index (χ1) is 4.26. The van der Waals surface area contributed by atoms with E-state index in [9.17, 15) is 0 Å². The molecular weight excluding hydrogens is 159 g/mol. The molecule has 0 radical (unpaired) electrons. The van der Waals surface area contributed by atoms with Crippen LogP contribution in [0.2, 0.25) is 0 Å². The molecule has 0 saturated carbocycles. The number of alkyl halides is 1. The third-order valence-corrected chi connectivity index (χ3v) is 1.79. The standard InChI is InChI=1S/C6H10Cl2O/c1-3-5(4-7)6(8)9-2/h4,6H,3H2,1-2H3/b5-4+. The molecule has 1 unspecified atom stereocenters. The van der Waals surface area contributed by atoms with Crippen LogP contribution in [0.25, 0.3) is 0 Å². The number of hydrogen-bond donors (Lipinski definition) is 0. The number of halogens is 2. The highest BCUT2D eigenvalue weighted by atomic mass is 35.5. The van der Waals surface area contributed by atoms with Crippen LogP contribution in [0, 0.1) is 0 Å². The minimum absolute atomic E-state index is 0.368. The van der Waals surface area contributed by atoms with Crippen LogP contribution < -0.4 is 0 Å². The first-order valence-electron chi connectivity index (χ1n) is 2.72. The minimum atomic E-state index is -0.368. The van der Waals surface area contributed by atoms with Gasteiger partial charge in [-0.3, -0.25) is 0 Å². The van der Waals surface area contributed by atoms with E-state index in [4.69, 9.17) is 27.9 Å². The van der Waals surface area contributed by atoms with Crippen molar-refractivity contribution in [1.82, 2.24) is 0 Å². The summed E-state index contributed by atoms with van der Waals surface area (Å²) in [6, 6.07) is 0. The molecule has 0 bridgehead atoms. The Kier molecular flexibility index (Phi) is 5.25. The fraction of sp³-hybridized carbons (Fsp3) is 0.667. The molecule has 0 spiro atoms. The van der Waals surface area contributed by atoms with Crippen molar-refractivity contribution in [1.29, 1.82) is 0 Å². The summed E-state index contributed by atoms with van der Waals surface area (Å²) < 4.78 is 4.81. The summed E-state index contributed by atoms with van der Waals surface area (Å²) >= 11 is 11.1. The van der Waals surface area contributed by atoms with Crippen molar-refractivity contribution in [3.63, 3.8) is 0 Å². The quantitative estimate of drug-likeness (QED) is 0.590. The molecule has 0 fully saturated rings. The molecule has 0 rings (SSSR count). The summed E-state index contributed by atoms with van der Waals surface area (Å²) in [7, 11) is 1.55. The van der Waals surface area contributed by atoms with E-state index in [0.29, 0.717) is 0 Å². The van der Waals surface area contributed by atoms with Crippen molar-refractivity contribution in [3.05, 3.63) is 11.1 Å². The Labute approximate surface area is 65.6 Å². The molecule has 1 nitrogen and oxygen atoms in total. The maximum atomic E-state index is 5.66. The summed E-state index contributed by atoms with van der Waals surface area (Å²) in [5.74, 6) is 0. The van der Waals surface area contributed by atoms with Crippen molar-refractivity contribution >= 4 is 23.2 Å². The third kappa shape index (κ3) is 3.09. The Hall–Kier alpha value is 0.280. The van der Waals surface area contributed by atoms with Crippen molar-refractivity contribution < 1.29 is 4.74 Å². The van der Waals surface area contributed by atoms with Crippen molar-refractivity contribution in [2.75, 3.05) is 7.11 Å². The molecule has 0 aromatic carbocycles. The molecule has 3 heteroatoms. The normalized spacial score (nSPS) is 15.8. The minimum Gasteiger partial charge on any atom is -0.362 e. The van der Waals surface area contributed by atoms with Gasteiger partial charge in [0.1, 0.15) is 0 Å². The van der Waals surface area contributed by atoms with Gasteiger partial charge < -0.3 is 4.74 Å². The van der Waals surface area contributed by atoms with Crippen LogP contribution >= 0.6 is 23.2 Å². The van der Waals surface area contributed by atoms with E-state index < -0.39 is 0 Å². The molecule has 0 saturated heterocycles. The topological polar surface area (TPSA) is 9.23 Å². The van der Waals surface area contributed by atoms with Gasteiger partial charge in [-0.15, -0.1) is 0 Å². The van der Waals surface area contributed by atoms with Gasteiger partial charge in [-0.05, 0) is 12.0 Å². The van der Waals surface area contributed by atoms with Gasteiger partial charge in [-0.1, -0.05) is 30.1 Å². The second-order valence-corrected chi connectivity index (χ2v) is 2.20. The Bertz CT molecular complexity index is 101. The van der Waals surface area contributed by atoms with Crippen LogP contribution in [-0.4, -0.2) is 12.7 Å². The zero-order valence-corrected chi connectivity index (χ0v) is 7.04. The lowest BCUT2D eigenvalue weighted by atomic mass is 10.2. The van der Waals surface area contributed by atoms with Crippen molar-refractivity contribution in [3.8, 4) is 0 Å². The van der Waals surface area contributed by atoms with Gasteiger partial charge in [-0.25, -0.2) is 0 Å². The molecular formula is C6H10Cl2O. The fourth-order valence-corrected chi connectivity index (χ4v) is 0.989. The molecule has 0 N–H and O–H groups in total. The second-order valence-electron chi connectivity index (χ2n) is 1.59. The van der Waals surface area contributed by atoms with Gasteiger partial charge in [0.05, 0.1) is 0 Å². The molecule has 54 valence electrons. The van der Waals surface area contributed by atoms with Crippen LogP contribution in [0.3, 0.4) is 0 Å². The fourth-order valence-electron chi connectivity index (χ4n) is 0.439. The summed E-state index contributed by atoms with van der Waals surface area (Å²) in [6.07, 6.45) is 0.825. The number of methoxy groups -OCH3 is 1. The number of hydrogen-bond acceptors (Lipinski definition) is 1. The van der Waals surface area contributed by atoms with E-state index >= 15 is 0 Å². The molecule has 0 heterocycles. The second kappa shape index (κ2) is 5.10. The van der Waals surface area contributed by atoms with Crippen molar-refractivity contribution in [2.45, 2.75) is 18.9 Å². The maximum Gasteiger partial charge on any atom is 0.153 e. The van der Waals surface area contributed by atoms with Crippen LogP contribution in [-0.2, 0) is 4.74 Å².